The zero-order valence-electron chi connectivity index (χ0n) is 17.2. The summed E-state index contributed by atoms with van der Waals surface area (Å²) in [4.78, 5) is 17.2. The fourth-order valence-electron chi connectivity index (χ4n) is 3.58. The molecule has 0 saturated carbocycles. The highest BCUT2D eigenvalue weighted by atomic mass is 16.2. The molecule has 2 aromatic heterocycles. The Bertz CT molecular complexity index is 1210. The maximum absolute atomic E-state index is 12.7. The van der Waals surface area contributed by atoms with Crippen molar-refractivity contribution >= 4 is 22.6 Å². The maximum Gasteiger partial charge on any atom is 0.246 e. The van der Waals surface area contributed by atoms with E-state index in [4.69, 9.17) is 0 Å². The molecule has 5 nitrogen and oxygen atoms in total. The van der Waals surface area contributed by atoms with Crippen LogP contribution in [0.15, 0.2) is 54.7 Å². The van der Waals surface area contributed by atoms with Crippen molar-refractivity contribution in [1.29, 1.82) is 0 Å². The molecule has 4 rings (SSSR count). The summed E-state index contributed by atoms with van der Waals surface area (Å²) in [5, 5.41) is 8.59. The third-order valence-corrected chi connectivity index (χ3v) is 5.34. The molecule has 2 aromatic carbocycles. The van der Waals surface area contributed by atoms with Crippen LogP contribution < -0.4 is 5.32 Å². The van der Waals surface area contributed by atoms with Crippen molar-refractivity contribution in [3.8, 4) is 11.1 Å². The van der Waals surface area contributed by atoms with Gasteiger partial charge in [-0.25, -0.2) is 9.67 Å². The minimum absolute atomic E-state index is 0.113. The highest BCUT2D eigenvalue weighted by Gasteiger charge is 2.16. The smallest absolute Gasteiger partial charge is 0.246 e. The zero-order valence-corrected chi connectivity index (χ0v) is 17.2. The first-order valence-corrected chi connectivity index (χ1v) is 9.69. The van der Waals surface area contributed by atoms with E-state index in [-0.39, 0.29) is 12.5 Å². The van der Waals surface area contributed by atoms with E-state index in [2.05, 4.69) is 46.6 Å². The Morgan fingerprint density at radius 2 is 1.76 bits per heavy atom. The first-order chi connectivity index (χ1) is 13.9. The average Bonchev–Trinajstić information content (AvgIpc) is 3.02. The van der Waals surface area contributed by atoms with Crippen LogP contribution in [0.1, 0.15) is 22.4 Å². The number of hydrogen-bond donors (Lipinski definition) is 1. The number of rotatable bonds is 4. The van der Waals surface area contributed by atoms with Crippen molar-refractivity contribution in [2.45, 2.75) is 34.2 Å². The number of nitrogens with one attached hydrogen (secondary N) is 1. The minimum atomic E-state index is -0.120. The van der Waals surface area contributed by atoms with Gasteiger partial charge in [-0.05, 0) is 62.1 Å². The summed E-state index contributed by atoms with van der Waals surface area (Å²) in [6.45, 7) is 8.19. The van der Waals surface area contributed by atoms with Crippen molar-refractivity contribution in [2.24, 2.45) is 0 Å². The molecule has 0 fully saturated rings. The summed E-state index contributed by atoms with van der Waals surface area (Å²) in [5.41, 5.74) is 8.04. The predicted molar refractivity (Wildman–Crippen MR) is 117 cm³/mol. The molecular weight excluding hydrogens is 360 g/mol. The van der Waals surface area contributed by atoms with Crippen molar-refractivity contribution in [3.05, 3.63) is 77.1 Å². The Morgan fingerprint density at radius 1 is 1.00 bits per heavy atom. The number of anilines is 1. The van der Waals surface area contributed by atoms with E-state index >= 15 is 0 Å². The number of benzene rings is 2. The number of nitrogens with zero attached hydrogens (tertiary/aromatic N) is 3. The van der Waals surface area contributed by atoms with E-state index in [1.54, 1.807) is 10.9 Å². The number of hydrogen-bond acceptors (Lipinski definition) is 3. The topological polar surface area (TPSA) is 59.8 Å². The summed E-state index contributed by atoms with van der Waals surface area (Å²) >= 11 is 0. The summed E-state index contributed by atoms with van der Waals surface area (Å²) in [6, 6.07) is 16.3. The van der Waals surface area contributed by atoms with Crippen LogP contribution in [0.25, 0.3) is 22.2 Å². The van der Waals surface area contributed by atoms with Crippen LogP contribution in [-0.2, 0) is 11.3 Å². The molecule has 5 heteroatoms. The fourth-order valence-corrected chi connectivity index (χ4v) is 3.58. The lowest BCUT2D eigenvalue weighted by Gasteiger charge is -2.10. The van der Waals surface area contributed by atoms with Crippen LogP contribution in [0.4, 0.5) is 5.69 Å². The standard InChI is InChI=1S/C24H24N4O/c1-15-8-10-19(11-9-15)20-12-13-25-24-23(20)18(4)27-28(24)14-22(29)26-21-7-5-6-16(2)17(21)3/h5-13H,14H2,1-4H3,(H,26,29). The number of carbonyl (C=O) groups is 1. The van der Waals surface area contributed by atoms with Gasteiger partial charge in [-0.1, -0.05) is 42.0 Å². The molecule has 1 amide bonds. The van der Waals surface area contributed by atoms with Crippen LogP contribution in [-0.4, -0.2) is 20.7 Å². The molecular formula is C24H24N4O. The van der Waals surface area contributed by atoms with E-state index < -0.39 is 0 Å². The van der Waals surface area contributed by atoms with Gasteiger partial charge in [-0.3, -0.25) is 4.79 Å². The number of aryl methyl sites for hydroxylation is 3. The van der Waals surface area contributed by atoms with Crippen LogP contribution >= 0.6 is 0 Å². The Morgan fingerprint density at radius 3 is 2.52 bits per heavy atom. The SMILES string of the molecule is Cc1ccc(-c2ccnc3c2c(C)nn3CC(=O)Nc2cccc(C)c2C)cc1. The third-order valence-electron chi connectivity index (χ3n) is 5.34. The van der Waals surface area contributed by atoms with E-state index in [9.17, 15) is 4.79 Å². The Labute approximate surface area is 170 Å². The largest absolute Gasteiger partial charge is 0.324 e. The Kier molecular flexibility index (Phi) is 4.89. The highest BCUT2D eigenvalue weighted by molar-refractivity contribution is 5.96. The summed E-state index contributed by atoms with van der Waals surface area (Å²) in [5.74, 6) is -0.120. The quantitative estimate of drug-likeness (QED) is 0.540. The number of fused-ring (bicyclic) bond motifs is 1. The molecule has 146 valence electrons. The summed E-state index contributed by atoms with van der Waals surface area (Å²) < 4.78 is 1.68. The van der Waals surface area contributed by atoms with E-state index in [1.807, 2.05) is 45.0 Å². The van der Waals surface area contributed by atoms with Gasteiger partial charge < -0.3 is 5.32 Å². The average molecular weight is 384 g/mol. The molecule has 0 unspecified atom stereocenters. The molecule has 0 saturated heterocycles. The molecule has 0 aliphatic heterocycles. The van der Waals surface area contributed by atoms with Crippen LogP contribution in [0.5, 0.6) is 0 Å². The first kappa shape index (κ1) is 18.9. The van der Waals surface area contributed by atoms with Gasteiger partial charge >= 0.3 is 0 Å². The first-order valence-electron chi connectivity index (χ1n) is 9.69. The second kappa shape index (κ2) is 7.51. The lowest BCUT2D eigenvalue weighted by Crippen LogP contribution is -2.20. The van der Waals surface area contributed by atoms with Gasteiger partial charge in [-0.15, -0.1) is 0 Å². The normalized spacial score (nSPS) is 11.0. The molecule has 29 heavy (non-hydrogen) atoms. The Balaban J connectivity index is 1.67. The second-order valence-corrected chi connectivity index (χ2v) is 7.46. The summed E-state index contributed by atoms with van der Waals surface area (Å²) in [6.07, 6.45) is 1.78. The fraction of sp³-hybridized carbons (Fsp3) is 0.208. The number of amides is 1. The number of carbonyl (C=O) groups excluding carboxylic acids is 1. The molecule has 4 aromatic rings. The van der Waals surface area contributed by atoms with E-state index in [0.717, 1.165) is 44.7 Å². The van der Waals surface area contributed by atoms with Crippen molar-refractivity contribution in [1.82, 2.24) is 14.8 Å². The monoisotopic (exact) mass is 384 g/mol. The van der Waals surface area contributed by atoms with Gasteiger partial charge in [0, 0.05) is 17.3 Å². The molecule has 0 bridgehead atoms. The second-order valence-electron chi connectivity index (χ2n) is 7.46. The van der Waals surface area contributed by atoms with Gasteiger partial charge in [-0.2, -0.15) is 5.10 Å². The van der Waals surface area contributed by atoms with Crippen LogP contribution in [0.2, 0.25) is 0 Å². The van der Waals surface area contributed by atoms with Gasteiger partial charge in [0.25, 0.3) is 0 Å². The van der Waals surface area contributed by atoms with Crippen molar-refractivity contribution < 1.29 is 4.79 Å². The van der Waals surface area contributed by atoms with Crippen LogP contribution in [0, 0.1) is 27.7 Å². The van der Waals surface area contributed by atoms with E-state index in [1.165, 1.54) is 5.56 Å². The minimum Gasteiger partial charge on any atom is -0.324 e. The predicted octanol–water partition coefficient (Wildman–Crippen LogP) is 4.97. The molecule has 0 aliphatic carbocycles. The Hall–Kier alpha value is -3.47. The van der Waals surface area contributed by atoms with Crippen molar-refractivity contribution in [2.75, 3.05) is 5.32 Å². The molecule has 0 aliphatic rings. The van der Waals surface area contributed by atoms with Gasteiger partial charge in [0.05, 0.1) is 5.69 Å². The van der Waals surface area contributed by atoms with Gasteiger partial charge in [0.15, 0.2) is 5.65 Å². The van der Waals surface area contributed by atoms with Gasteiger partial charge in [0.2, 0.25) is 5.91 Å². The van der Waals surface area contributed by atoms with Gasteiger partial charge in [0.1, 0.15) is 6.54 Å². The van der Waals surface area contributed by atoms with Crippen LogP contribution in [0.3, 0.4) is 0 Å². The molecule has 0 radical (unpaired) electrons. The number of aromatic nitrogens is 3. The molecule has 0 atom stereocenters. The third kappa shape index (κ3) is 3.63. The van der Waals surface area contributed by atoms with Crippen molar-refractivity contribution in [3.63, 3.8) is 0 Å². The lowest BCUT2D eigenvalue weighted by molar-refractivity contribution is -0.116. The number of pyridine rings is 1. The lowest BCUT2D eigenvalue weighted by atomic mass is 10.0. The molecule has 1 N–H and O–H groups in total. The highest BCUT2D eigenvalue weighted by Crippen LogP contribution is 2.30. The zero-order chi connectivity index (χ0) is 20.5. The molecule has 2 heterocycles. The summed E-state index contributed by atoms with van der Waals surface area (Å²) in [7, 11) is 0. The maximum atomic E-state index is 12.7. The molecule has 0 spiro atoms. The van der Waals surface area contributed by atoms with E-state index in [0.29, 0.717) is 0 Å².